The number of rotatable bonds is 3. The first kappa shape index (κ1) is 17.1. The largest absolute Gasteiger partial charge is 0.365 e. The second-order valence-electron chi connectivity index (χ2n) is 6.07. The molecule has 26 heavy (non-hydrogen) atoms. The van der Waals surface area contributed by atoms with E-state index < -0.39 is 0 Å². The molecule has 132 valence electrons. The fraction of sp³-hybridized carbons (Fsp3) is 0.211. The van der Waals surface area contributed by atoms with E-state index >= 15 is 0 Å². The molecule has 0 amide bonds. The molecule has 4 rings (SSSR count). The second-order valence-corrected chi connectivity index (χ2v) is 6.88. The summed E-state index contributed by atoms with van der Waals surface area (Å²) < 4.78 is 0. The molecule has 0 bridgehead atoms. The first-order chi connectivity index (χ1) is 12.7. The number of hydrogen-bond donors (Lipinski definition) is 0. The van der Waals surface area contributed by atoms with Crippen LogP contribution in [0.5, 0.6) is 0 Å². The van der Waals surface area contributed by atoms with Crippen LogP contribution in [0.15, 0.2) is 55.2 Å². The number of pyridine rings is 3. The molecule has 1 aliphatic heterocycles. The van der Waals surface area contributed by atoms with Gasteiger partial charge >= 0.3 is 0 Å². The standard InChI is InChI=1S/C19H17Cl2N5/c20-16-12-23-13-17(21)19(16)26-9-7-25(8-10-26)18-2-1-15(11-24-18)14-3-5-22-6-4-14/h1-6,11-13H,7-10H2. The molecule has 0 N–H and O–H groups in total. The van der Waals surface area contributed by atoms with E-state index in [1.165, 1.54) is 0 Å². The first-order valence-electron chi connectivity index (χ1n) is 8.38. The summed E-state index contributed by atoms with van der Waals surface area (Å²) in [7, 11) is 0. The van der Waals surface area contributed by atoms with Gasteiger partial charge in [-0.3, -0.25) is 9.97 Å². The maximum absolute atomic E-state index is 6.27. The topological polar surface area (TPSA) is 45.2 Å². The van der Waals surface area contributed by atoms with E-state index in [-0.39, 0.29) is 0 Å². The second kappa shape index (κ2) is 7.48. The van der Waals surface area contributed by atoms with E-state index in [0.29, 0.717) is 10.0 Å². The van der Waals surface area contributed by atoms with Crippen molar-refractivity contribution < 1.29 is 0 Å². The minimum Gasteiger partial charge on any atom is -0.365 e. The highest BCUT2D eigenvalue weighted by molar-refractivity contribution is 6.38. The molecular formula is C19H17Cl2N5. The zero-order valence-electron chi connectivity index (χ0n) is 14.0. The summed E-state index contributed by atoms with van der Waals surface area (Å²) in [4.78, 5) is 17.2. The lowest BCUT2D eigenvalue weighted by Crippen LogP contribution is -2.47. The monoisotopic (exact) mass is 385 g/mol. The number of piperazine rings is 1. The summed E-state index contributed by atoms with van der Waals surface area (Å²) in [5.74, 6) is 0.981. The third-order valence-electron chi connectivity index (χ3n) is 4.51. The van der Waals surface area contributed by atoms with Gasteiger partial charge in [0, 0.05) is 62.7 Å². The zero-order valence-corrected chi connectivity index (χ0v) is 15.5. The van der Waals surface area contributed by atoms with Crippen molar-refractivity contribution in [3.8, 4) is 11.1 Å². The predicted octanol–water partition coefficient (Wildman–Crippen LogP) is 4.17. The third-order valence-corrected chi connectivity index (χ3v) is 5.06. The van der Waals surface area contributed by atoms with E-state index in [1.54, 1.807) is 24.8 Å². The third kappa shape index (κ3) is 3.45. The van der Waals surface area contributed by atoms with Crippen LogP contribution in [0.3, 0.4) is 0 Å². The van der Waals surface area contributed by atoms with Gasteiger partial charge in [-0.25, -0.2) is 4.98 Å². The van der Waals surface area contributed by atoms with E-state index in [4.69, 9.17) is 23.2 Å². The van der Waals surface area contributed by atoms with Crippen molar-refractivity contribution in [1.29, 1.82) is 0 Å². The van der Waals surface area contributed by atoms with Crippen LogP contribution in [0, 0.1) is 0 Å². The van der Waals surface area contributed by atoms with Crippen molar-refractivity contribution in [1.82, 2.24) is 15.0 Å². The lowest BCUT2D eigenvalue weighted by Gasteiger charge is -2.37. The van der Waals surface area contributed by atoms with Crippen LogP contribution < -0.4 is 9.80 Å². The average Bonchev–Trinajstić information content (AvgIpc) is 2.69. The van der Waals surface area contributed by atoms with Crippen molar-refractivity contribution in [3.63, 3.8) is 0 Å². The Hall–Kier alpha value is -2.37. The predicted molar refractivity (Wildman–Crippen MR) is 106 cm³/mol. The van der Waals surface area contributed by atoms with Gasteiger partial charge in [-0.15, -0.1) is 0 Å². The molecule has 0 radical (unpaired) electrons. The fourth-order valence-electron chi connectivity index (χ4n) is 3.15. The van der Waals surface area contributed by atoms with Gasteiger partial charge in [-0.2, -0.15) is 0 Å². The molecule has 3 aromatic rings. The van der Waals surface area contributed by atoms with Gasteiger partial charge in [-0.05, 0) is 29.8 Å². The highest BCUT2D eigenvalue weighted by Gasteiger charge is 2.22. The number of hydrogen-bond acceptors (Lipinski definition) is 5. The van der Waals surface area contributed by atoms with Gasteiger partial charge in [0.25, 0.3) is 0 Å². The maximum atomic E-state index is 6.27. The molecule has 3 aromatic heterocycles. The zero-order chi connectivity index (χ0) is 17.9. The van der Waals surface area contributed by atoms with Crippen molar-refractivity contribution in [3.05, 3.63) is 65.3 Å². The van der Waals surface area contributed by atoms with Crippen molar-refractivity contribution >= 4 is 34.7 Å². The molecule has 0 saturated carbocycles. The van der Waals surface area contributed by atoms with Crippen LogP contribution in [0.4, 0.5) is 11.5 Å². The molecule has 7 heteroatoms. The van der Waals surface area contributed by atoms with Crippen molar-refractivity contribution in [2.45, 2.75) is 0 Å². The first-order valence-corrected chi connectivity index (χ1v) is 9.13. The lowest BCUT2D eigenvalue weighted by atomic mass is 10.1. The van der Waals surface area contributed by atoms with Crippen LogP contribution in [0.1, 0.15) is 0 Å². The Balaban J connectivity index is 1.45. The Labute approximate surface area is 162 Å². The van der Waals surface area contributed by atoms with Crippen molar-refractivity contribution in [2.24, 2.45) is 0 Å². The molecule has 0 aliphatic carbocycles. The summed E-state index contributed by atoms with van der Waals surface area (Å²) in [6, 6.07) is 8.13. The Bertz CT molecular complexity index is 858. The smallest absolute Gasteiger partial charge is 0.128 e. The highest BCUT2D eigenvalue weighted by Crippen LogP contribution is 2.33. The lowest BCUT2D eigenvalue weighted by molar-refractivity contribution is 0.647. The molecular weight excluding hydrogens is 369 g/mol. The van der Waals surface area contributed by atoms with Crippen LogP contribution in [0.25, 0.3) is 11.1 Å². The minimum absolute atomic E-state index is 0.589. The van der Waals surface area contributed by atoms with E-state index in [1.807, 2.05) is 18.3 Å². The Morgan fingerprint density at radius 1 is 0.692 bits per heavy atom. The SMILES string of the molecule is Clc1cncc(Cl)c1N1CCN(c2ccc(-c3ccncc3)cn2)CC1. The van der Waals surface area contributed by atoms with Gasteiger partial charge in [0.05, 0.1) is 15.7 Å². The Morgan fingerprint density at radius 3 is 1.96 bits per heavy atom. The molecule has 0 spiro atoms. The van der Waals surface area contributed by atoms with Crippen LogP contribution in [-0.2, 0) is 0 Å². The molecule has 4 heterocycles. The average molecular weight is 386 g/mol. The fourth-order valence-corrected chi connectivity index (χ4v) is 3.76. The maximum Gasteiger partial charge on any atom is 0.128 e. The Morgan fingerprint density at radius 2 is 1.35 bits per heavy atom. The molecule has 0 unspecified atom stereocenters. The highest BCUT2D eigenvalue weighted by atomic mass is 35.5. The molecule has 0 aromatic carbocycles. The normalized spacial score (nSPS) is 14.5. The van der Waals surface area contributed by atoms with Crippen LogP contribution in [0.2, 0.25) is 10.0 Å². The quantitative estimate of drug-likeness (QED) is 0.676. The van der Waals surface area contributed by atoms with Crippen LogP contribution >= 0.6 is 23.2 Å². The number of nitrogens with zero attached hydrogens (tertiary/aromatic N) is 5. The molecule has 5 nitrogen and oxygen atoms in total. The van der Waals surface area contributed by atoms with Crippen molar-refractivity contribution in [2.75, 3.05) is 36.0 Å². The van der Waals surface area contributed by atoms with Gasteiger partial charge in [0.2, 0.25) is 0 Å². The Kier molecular flexibility index (Phi) is 4.91. The van der Waals surface area contributed by atoms with E-state index in [9.17, 15) is 0 Å². The summed E-state index contributed by atoms with van der Waals surface area (Å²) in [6.45, 7) is 3.38. The van der Waals surface area contributed by atoms with Crippen LogP contribution in [-0.4, -0.2) is 41.1 Å². The van der Waals surface area contributed by atoms with Gasteiger partial charge < -0.3 is 9.80 Å². The number of halogens is 2. The summed E-state index contributed by atoms with van der Waals surface area (Å²) in [6.07, 6.45) is 8.76. The van der Waals surface area contributed by atoms with E-state index in [2.05, 4.69) is 36.9 Å². The van der Waals surface area contributed by atoms with Gasteiger partial charge in [-0.1, -0.05) is 23.2 Å². The summed E-state index contributed by atoms with van der Waals surface area (Å²) in [5, 5.41) is 1.18. The van der Waals surface area contributed by atoms with E-state index in [0.717, 1.165) is 48.8 Å². The molecule has 1 aliphatic rings. The van der Waals surface area contributed by atoms with Gasteiger partial charge in [0.15, 0.2) is 0 Å². The molecule has 1 fully saturated rings. The molecule has 1 saturated heterocycles. The number of anilines is 2. The molecule has 0 atom stereocenters. The van der Waals surface area contributed by atoms with Gasteiger partial charge in [0.1, 0.15) is 5.82 Å². The number of aromatic nitrogens is 3. The summed E-state index contributed by atoms with van der Waals surface area (Å²) >= 11 is 12.5. The summed E-state index contributed by atoms with van der Waals surface area (Å²) in [5.41, 5.74) is 3.07. The minimum atomic E-state index is 0.589.